The molecule has 0 amide bonds. The number of rotatable bonds is 4. The molecule has 3 rings (SSSR count). The first kappa shape index (κ1) is 15.3. The van der Waals surface area contributed by atoms with Crippen LogP contribution in [-0.4, -0.2) is 42.4 Å². The average molecular weight is 324 g/mol. The van der Waals surface area contributed by atoms with Crippen molar-refractivity contribution >= 4 is 15.5 Å². The van der Waals surface area contributed by atoms with E-state index in [0.29, 0.717) is 37.1 Å². The van der Waals surface area contributed by atoms with E-state index in [9.17, 15) is 8.42 Å². The molecule has 1 aliphatic heterocycles. The summed E-state index contributed by atoms with van der Waals surface area (Å²) in [5.74, 6) is 0.682. The van der Waals surface area contributed by atoms with E-state index in [1.807, 2.05) is 0 Å². The van der Waals surface area contributed by atoms with Gasteiger partial charge in [-0.2, -0.15) is 0 Å². The van der Waals surface area contributed by atoms with Gasteiger partial charge in [0.2, 0.25) is 0 Å². The zero-order valence-corrected chi connectivity index (χ0v) is 13.8. The summed E-state index contributed by atoms with van der Waals surface area (Å²) in [7, 11) is -3.52. The van der Waals surface area contributed by atoms with E-state index in [2.05, 4.69) is 4.98 Å². The topological polar surface area (TPSA) is 69.9 Å². The number of fused-ring (bicyclic) bond motifs is 1. The van der Waals surface area contributed by atoms with Crippen molar-refractivity contribution in [1.82, 2.24) is 9.38 Å². The Labute approximate surface area is 130 Å². The van der Waals surface area contributed by atoms with E-state index in [4.69, 9.17) is 9.47 Å². The minimum absolute atomic E-state index is 0.200. The van der Waals surface area contributed by atoms with E-state index in [1.54, 1.807) is 49.8 Å². The highest BCUT2D eigenvalue weighted by Gasteiger charge is 2.34. The lowest BCUT2D eigenvalue weighted by Gasteiger charge is -2.27. The lowest BCUT2D eigenvalue weighted by atomic mass is 10.1. The predicted molar refractivity (Wildman–Crippen MR) is 81.9 cm³/mol. The molecule has 1 aliphatic rings. The van der Waals surface area contributed by atoms with Gasteiger partial charge in [0.05, 0.1) is 24.6 Å². The second-order valence-electron chi connectivity index (χ2n) is 6.52. The molecule has 0 bridgehead atoms. The van der Waals surface area contributed by atoms with Crippen molar-refractivity contribution in [3.63, 3.8) is 0 Å². The third-order valence-electron chi connectivity index (χ3n) is 3.74. The van der Waals surface area contributed by atoms with Crippen LogP contribution in [0.25, 0.3) is 5.65 Å². The van der Waals surface area contributed by atoms with Crippen LogP contribution in [0.15, 0.2) is 29.6 Å². The summed E-state index contributed by atoms with van der Waals surface area (Å²) in [5.41, 5.74) is 0.660. The zero-order chi connectivity index (χ0) is 16.0. The molecule has 0 atom stereocenters. The van der Waals surface area contributed by atoms with Crippen molar-refractivity contribution in [3.8, 4) is 5.75 Å². The van der Waals surface area contributed by atoms with Gasteiger partial charge < -0.3 is 13.9 Å². The largest absolute Gasteiger partial charge is 0.492 e. The fourth-order valence-electron chi connectivity index (χ4n) is 2.16. The number of aromatic nitrogens is 2. The Kier molecular flexibility index (Phi) is 3.65. The monoisotopic (exact) mass is 324 g/mol. The Morgan fingerprint density at radius 3 is 2.73 bits per heavy atom. The van der Waals surface area contributed by atoms with Gasteiger partial charge in [0.1, 0.15) is 16.3 Å². The van der Waals surface area contributed by atoms with Crippen LogP contribution in [0.2, 0.25) is 0 Å². The number of hydrogen-bond acceptors (Lipinski definition) is 5. The lowest BCUT2D eigenvalue weighted by molar-refractivity contribution is -0.0512. The fourth-order valence-corrected chi connectivity index (χ4v) is 3.45. The van der Waals surface area contributed by atoms with Gasteiger partial charge in [0, 0.05) is 30.6 Å². The molecule has 0 aliphatic carbocycles. The summed E-state index contributed by atoms with van der Waals surface area (Å²) in [6.45, 7) is 6.82. The Morgan fingerprint density at radius 2 is 2.14 bits per heavy atom. The molecule has 0 saturated carbocycles. The SMILES string of the molecule is CC(C)(C)S(=O)(=O)c1cn2ccnc2cc1OCC1COC1. The predicted octanol–water partition coefficient (Wildman–Crippen LogP) is 1.93. The molecule has 2 aromatic heterocycles. The van der Waals surface area contributed by atoms with Crippen molar-refractivity contribution in [1.29, 1.82) is 0 Å². The number of pyridine rings is 1. The molecule has 1 fully saturated rings. The van der Waals surface area contributed by atoms with Crippen molar-refractivity contribution in [2.45, 2.75) is 30.4 Å². The number of nitrogens with zero attached hydrogens (tertiary/aromatic N) is 2. The molecule has 0 radical (unpaired) electrons. The molecule has 2 aromatic rings. The fraction of sp³-hybridized carbons (Fsp3) is 0.533. The summed E-state index contributed by atoms with van der Waals surface area (Å²) >= 11 is 0. The number of ether oxygens (including phenoxy) is 2. The quantitative estimate of drug-likeness (QED) is 0.859. The Hall–Kier alpha value is -1.60. The normalized spacial score (nSPS) is 16.7. The van der Waals surface area contributed by atoms with Crippen LogP contribution in [0, 0.1) is 5.92 Å². The van der Waals surface area contributed by atoms with Crippen molar-refractivity contribution < 1.29 is 17.9 Å². The van der Waals surface area contributed by atoms with Crippen LogP contribution >= 0.6 is 0 Å². The second kappa shape index (κ2) is 5.24. The first-order valence-electron chi connectivity index (χ1n) is 7.21. The van der Waals surface area contributed by atoms with Gasteiger partial charge in [-0.15, -0.1) is 0 Å². The summed E-state index contributed by atoms with van der Waals surface area (Å²) < 4.78 is 37.4. The van der Waals surface area contributed by atoms with Crippen molar-refractivity contribution in [2.75, 3.05) is 19.8 Å². The summed E-state index contributed by atoms with van der Waals surface area (Å²) in [5, 5.41) is 0. The average Bonchev–Trinajstić information content (AvgIpc) is 2.81. The van der Waals surface area contributed by atoms with Gasteiger partial charge in [-0.05, 0) is 20.8 Å². The Balaban J connectivity index is 2.05. The molecule has 120 valence electrons. The third kappa shape index (κ3) is 2.59. The molecule has 7 heteroatoms. The molecular formula is C15H20N2O4S. The van der Waals surface area contributed by atoms with Crippen molar-refractivity contribution in [2.24, 2.45) is 5.92 Å². The standard InChI is InChI=1S/C15H20N2O4S/c1-15(2,3)22(18,19)13-7-17-5-4-16-14(17)6-12(13)21-10-11-8-20-9-11/h4-7,11H,8-10H2,1-3H3. The molecule has 0 spiro atoms. The van der Waals surface area contributed by atoms with Gasteiger partial charge >= 0.3 is 0 Å². The van der Waals surface area contributed by atoms with Crippen LogP contribution in [0.4, 0.5) is 0 Å². The van der Waals surface area contributed by atoms with E-state index < -0.39 is 14.6 Å². The van der Waals surface area contributed by atoms with E-state index in [1.165, 1.54) is 0 Å². The lowest BCUT2D eigenvalue weighted by Crippen LogP contribution is -2.33. The second-order valence-corrected chi connectivity index (χ2v) is 9.20. The van der Waals surface area contributed by atoms with Gasteiger partial charge in [-0.25, -0.2) is 13.4 Å². The van der Waals surface area contributed by atoms with E-state index >= 15 is 0 Å². The maximum Gasteiger partial charge on any atom is 0.188 e. The summed E-state index contributed by atoms with van der Waals surface area (Å²) in [6, 6.07) is 1.68. The van der Waals surface area contributed by atoms with E-state index in [0.717, 1.165) is 0 Å². The van der Waals surface area contributed by atoms with Gasteiger partial charge in [0.15, 0.2) is 9.84 Å². The highest BCUT2D eigenvalue weighted by Crippen LogP contribution is 2.33. The molecule has 0 N–H and O–H groups in total. The molecule has 0 aromatic carbocycles. The summed E-state index contributed by atoms with van der Waals surface area (Å²) in [6.07, 6.45) is 4.93. The zero-order valence-electron chi connectivity index (χ0n) is 12.9. The van der Waals surface area contributed by atoms with Crippen LogP contribution in [0.3, 0.4) is 0 Å². The van der Waals surface area contributed by atoms with E-state index in [-0.39, 0.29) is 4.90 Å². The van der Waals surface area contributed by atoms with Gasteiger partial charge in [0.25, 0.3) is 0 Å². The highest BCUT2D eigenvalue weighted by molar-refractivity contribution is 7.92. The first-order chi connectivity index (χ1) is 10.3. The maximum absolute atomic E-state index is 12.8. The Morgan fingerprint density at radius 1 is 1.41 bits per heavy atom. The summed E-state index contributed by atoms with van der Waals surface area (Å²) in [4.78, 5) is 4.39. The minimum Gasteiger partial charge on any atom is -0.492 e. The Bertz CT molecular complexity index is 785. The van der Waals surface area contributed by atoms with Crippen LogP contribution in [0.5, 0.6) is 5.75 Å². The maximum atomic E-state index is 12.8. The third-order valence-corrected chi connectivity index (χ3v) is 6.23. The smallest absolute Gasteiger partial charge is 0.188 e. The van der Waals surface area contributed by atoms with Gasteiger partial charge in [-0.1, -0.05) is 0 Å². The first-order valence-corrected chi connectivity index (χ1v) is 8.69. The van der Waals surface area contributed by atoms with Crippen LogP contribution in [0.1, 0.15) is 20.8 Å². The molecule has 0 unspecified atom stereocenters. The molecule has 22 heavy (non-hydrogen) atoms. The highest BCUT2D eigenvalue weighted by atomic mass is 32.2. The van der Waals surface area contributed by atoms with Crippen LogP contribution in [-0.2, 0) is 14.6 Å². The molecule has 6 nitrogen and oxygen atoms in total. The molecule has 3 heterocycles. The minimum atomic E-state index is -3.52. The van der Waals surface area contributed by atoms with Crippen molar-refractivity contribution in [3.05, 3.63) is 24.7 Å². The number of sulfone groups is 1. The number of imidazole rings is 1. The van der Waals surface area contributed by atoms with Crippen LogP contribution < -0.4 is 4.74 Å². The van der Waals surface area contributed by atoms with Gasteiger partial charge in [-0.3, -0.25) is 0 Å². The molecule has 1 saturated heterocycles. The number of hydrogen-bond donors (Lipinski definition) is 0. The molecular weight excluding hydrogens is 304 g/mol.